The smallest absolute Gasteiger partial charge is 0.353 e. The van der Waals surface area contributed by atoms with E-state index in [0.29, 0.717) is 24.4 Å². The fraction of sp³-hybridized carbons (Fsp3) is 0.250. The number of hydrogen-bond acceptors (Lipinski definition) is 4. The van der Waals surface area contributed by atoms with Crippen LogP contribution in [0.3, 0.4) is 0 Å². The molecule has 2 aromatic rings. The summed E-state index contributed by atoms with van der Waals surface area (Å²) in [4.78, 5) is 18.7. The molecule has 1 aliphatic rings. The van der Waals surface area contributed by atoms with Crippen molar-refractivity contribution in [2.75, 3.05) is 6.54 Å². The Morgan fingerprint density at radius 2 is 2.04 bits per heavy atom. The number of amides is 1. The number of aromatic nitrogens is 1. The number of rotatable bonds is 3. The van der Waals surface area contributed by atoms with Gasteiger partial charge in [-0.3, -0.25) is 20.5 Å². The number of H-pyrrole nitrogens is 1. The molecule has 25 heavy (non-hydrogen) atoms. The molecule has 0 bridgehead atoms. The number of aliphatic imine (C=N–C) groups is 1. The Labute approximate surface area is 140 Å². The molecule has 0 saturated heterocycles. The first-order chi connectivity index (χ1) is 11.8. The molecule has 0 unspecified atom stereocenters. The van der Waals surface area contributed by atoms with E-state index >= 15 is 0 Å². The highest BCUT2D eigenvalue weighted by Crippen LogP contribution is 2.28. The van der Waals surface area contributed by atoms with E-state index in [-0.39, 0.29) is 5.57 Å². The maximum atomic E-state index is 12.4. The lowest BCUT2D eigenvalue weighted by atomic mass is 9.98. The molecule has 4 N–H and O–H groups in total. The molecule has 6 nitrogen and oxygen atoms in total. The highest BCUT2D eigenvalue weighted by atomic mass is 19.4. The fourth-order valence-electron chi connectivity index (χ4n) is 2.83. The maximum absolute atomic E-state index is 12.4. The number of carbonyl (C=O) groups excluding carboxylic acids is 1. The van der Waals surface area contributed by atoms with Crippen LogP contribution in [0.15, 0.2) is 40.7 Å². The second-order valence-corrected chi connectivity index (χ2v) is 5.57. The Morgan fingerprint density at radius 3 is 2.72 bits per heavy atom. The van der Waals surface area contributed by atoms with Gasteiger partial charge in [0.1, 0.15) is 5.82 Å². The zero-order valence-electron chi connectivity index (χ0n) is 13.2. The van der Waals surface area contributed by atoms with Crippen LogP contribution in [0.2, 0.25) is 0 Å². The van der Waals surface area contributed by atoms with Gasteiger partial charge in [-0.1, -0.05) is 18.2 Å². The normalized spacial score (nSPS) is 15.3. The number of fused-ring (bicyclic) bond motifs is 3. The Hall–Kier alpha value is -2.81. The van der Waals surface area contributed by atoms with Gasteiger partial charge in [0.15, 0.2) is 0 Å². The predicted octanol–water partition coefficient (Wildman–Crippen LogP) is 2.40. The fourth-order valence-corrected chi connectivity index (χ4v) is 2.83. The quantitative estimate of drug-likeness (QED) is 0.640. The average Bonchev–Trinajstić information content (AvgIpc) is 2.96. The molecule has 0 atom stereocenters. The third-order valence-electron chi connectivity index (χ3n) is 4.02. The number of carbonyl (C=O) groups is 1. The van der Waals surface area contributed by atoms with E-state index in [1.807, 2.05) is 24.3 Å². The number of hydrogen-bond donors (Lipinski definition) is 4. The van der Waals surface area contributed by atoms with Crippen LogP contribution in [0.25, 0.3) is 10.9 Å². The van der Waals surface area contributed by atoms with Gasteiger partial charge >= 0.3 is 12.1 Å². The zero-order valence-corrected chi connectivity index (χ0v) is 13.2. The van der Waals surface area contributed by atoms with Crippen molar-refractivity contribution in [3.05, 3.63) is 46.9 Å². The van der Waals surface area contributed by atoms with Crippen LogP contribution in [0.1, 0.15) is 18.2 Å². The third-order valence-corrected chi connectivity index (χ3v) is 4.02. The van der Waals surface area contributed by atoms with Crippen LogP contribution < -0.4 is 10.8 Å². The Balaban J connectivity index is 2.03. The lowest BCUT2D eigenvalue weighted by Gasteiger charge is -2.18. The minimum atomic E-state index is -5.07. The van der Waals surface area contributed by atoms with Gasteiger partial charge < -0.3 is 10.3 Å². The topological polar surface area (TPSA) is 89.5 Å². The van der Waals surface area contributed by atoms with Crippen molar-refractivity contribution >= 4 is 22.5 Å². The van der Waals surface area contributed by atoms with Crippen molar-refractivity contribution in [2.45, 2.75) is 19.5 Å². The molecule has 0 fully saturated rings. The Kier molecular flexibility index (Phi) is 4.25. The molecule has 1 amide bonds. The first kappa shape index (κ1) is 17.0. The van der Waals surface area contributed by atoms with Crippen LogP contribution in [0, 0.1) is 0 Å². The summed E-state index contributed by atoms with van der Waals surface area (Å²) >= 11 is 0. The van der Waals surface area contributed by atoms with Gasteiger partial charge in [-0.15, -0.1) is 0 Å². The molecule has 1 aromatic heterocycles. The van der Waals surface area contributed by atoms with Crippen LogP contribution >= 0.6 is 0 Å². The second kappa shape index (κ2) is 6.25. The van der Waals surface area contributed by atoms with E-state index < -0.39 is 17.9 Å². The number of halogens is 3. The minimum absolute atomic E-state index is 0.188. The summed E-state index contributed by atoms with van der Waals surface area (Å²) in [6.45, 7) is 1.92. The van der Waals surface area contributed by atoms with E-state index in [1.165, 1.54) is 6.92 Å². The minimum Gasteiger partial charge on any atom is -0.353 e. The van der Waals surface area contributed by atoms with Crippen molar-refractivity contribution in [1.29, 1.82) is 0 Å². The Bertz CT molecular complexity index is 896. The summed E-state index contributed by atoms with van der Waals surface area (Å²) in [5, 5.41) is 11.8. The molecule has 2 heterocycles. The molecule has 1 aromatic carbocycles. The van der Waals surface area contributed by atoms with Crippen molar-refractivity contribution in [3.63, 3.8) is 0 Å². The summed E-state index contributed by atoms with van der Waals surface area (Å²) in [5.41, 5.74) is 4.74. The van der Waals surface area contributed by atoms with Crippen molar-refractivity contribution in [2.24, 2.45) is 4.99 Å². The van der Waals surface area contributed by atoms with Gasteiger partial charge in [0.25, 0.3) is 0 Å². The molecular formula is C16H15F3N4O2. The van der Waals surface area contributed by atoms with Crippen molar-refractivity contribution in [3.8, 4) is 0 Å². The molecule has 3 rings (SSSR count). The van der Waals surface area contributed by atoms with Gasteiger partial charge in [-0.2, -0.15) is 13.2 Å². The number of nitrogens with zero attached hydrogens (tertiary/aromatic N) is 1. The van der Waals surface area contributed by atoms with Crippen molar-refractivity contribution in [1.82, 2.24) is 15.8 Å². The highest BCUT2D eigenvalue weighted by Gasteiger charge is 2.39. The molecule has 132 valence electrons. The lowest BCUT2D eigenvalue weighted by Crippen LogP contribution is -2.40. The van der Waals surface area contributed by atoms with E-state index in [9.17, 15) is 23.2 Å². The van der Waals surface area contributed by atoms with Gasteiger partial charge in [0.05, 0.1) is 11.4 Å². The maximum Gasteiger partial charge on any atom is 0.471 e. The monoisotopic (exact) mass is 352 g/mol. The summed E-state index contributed by atoms with van der Waals surface area (Å²) < 4.78 is 37.3. The summed E-state index contributed by atoms with van der Waals surface area (Å²) in [7, 11) is 0. The number of nitrogens with one attached hydrogen (secondary N) is 3. The summed E-state index contributed by atoms with van der Waals surface area (Å²) in [6, 6.07) is 7.60. The number of benzene rings is 1. The number of para-hydroxylation sites is 1. The van der Waals surface area contributed by atoms with E-state index in [4.69, 9.17) is 0 Å². The molecular weight excluding hydrogens is 337 g/mol. The lowest BCUT2D eigenvalue weighted by molar-refractivity contribution is -0.173. The first-order valence-electron chi connectivity index (χ1n) is 7.47. The SMILES string of the molecule is C/C(C1=NCCc2c1[nH]c1ccccc21)=C(\NO)NC(=O)C(F)(F)F. The van der Waals surface area contributed by atoms with Crippen LogP contribution in [0.4, 0.5) is 13.2 Å². The largest absolute Gasteiger partial charge is 0.471 e. The highest BCUT2D eigenvalue weighted by molar-refractivity contribution is 6.15. The molecule has 0 spiro atoms. The van der Waals surface area contributed by atoms with Crippen LogP contribution in [0.5, 0.6) is 0 Å². The standard InChI is InChI=1S/C16H15F3N4O2/c1-8(14(23-25)22-15(24)16(17,18)19)12-13-10(6-7-20-12)9-4-2-3-5-11(9)21-13/h2-5,21,23,25H,6-7H2,1H3,(H,22,24)/b14-8+. The molecule has 0 saturated carbocycles. The average molecular weight is 352 g/mol. The van der Waals surface area contributed by atoms with Crippen LogP contribution in [-0.4, -0.2) is 34.5 Å². The molecule has 9 heteroatoms. The van der Waals surface area contributed by atoms with Gasteiger partial charge in [0.2, 0.25) is 0 Å². The van der Waals surface area contributed by atoms with Crippen LogP contribution in [-0.2, 0) is 11.2 Å². The number of allylic oxidation sites excluding steroid dienone is 1. The zero-order chi connectivity index (χ0) is 18.2. The van der Waals surface area contributed by atoms with Crippen molar-refractivity contribution < 1.29 is 23.2 Å². The van der Waals surface area contributed by atoms with E-state index in [2.05, 4.69) is 9.98 Å². The number of hydroxylamine groups is 1. The molecule has 1 aliphatic heterocycles. The van der Waals surface area contributed by atoms with Gasteiger partial charge in [-0.25, -0.2) is 0 Å². The first-order valence-corrected chi connectivity index (χ1v) is 7.47. The number of alkyl halides is 3. The summed E-state index contributed by atoms with van der Waals surface area (Å²) in [6.07, 6.45) is -4.38. The second-order valence-electron chi connectivity index (χ2n) is 5.57. The molecule has 0 aliphatic carbocycles. The number of aromatic amines is 1. The molecule has 0 radical (unpaired) electrons. The summed E-state index contributed by atoms with van der Waals surface area (Å²) in [5.74, 6) is -2.65. The predicted molar refractivity (Wildman–Crippen MR) is 85.2 cm³/mol. The van der Waals surface area contributed by atoms with E-state index in [1.54, 1.807) is 10.8 Å². The van der Waals surface area contributed by atoms with E-state index in [0.717, 1.165) is 16.5 Å². The Morgan fingerprint density at radius 1 is 1.32 bits per heavy atom. The third kappa shape index (κ3) is 3.10. The van der Waals surface area contributed by atoms with Gasteiger partial charge in [0, 0.05) is 23.0 Å². The van der Waals surface area contributed by atoms with Gasteiger partial charge in [-0.05, 0) is 25.0 Å².